The number of aromatic nitrogens is 2. The molecule has 3 rings (SSSR count). The fraction of sp³-hybridized carbons (Fsp3) is 0.417. The third kappa shape index (κ3) is 5.38. The van der Waals surface area contributed by atoms with Crippen molar-refractivity contribution in [3.8, 4) is 22.9 Å². The Bertz CT molecular complexity index is 1010. The van der Waals surface area contributed by atoms with E-state index in [-0.39, 0.29) is 0 Å². The van der Waals surface area contributed by atoms with E-state index in [0.29, 0.717) is 34.4 Å². The van der Waals surface area contributed by atoms with E-state index >= 15 is 0 Å². The van der Waals surface area contributed by atoms with Gasteiger partial charge in [-0.05, 0) is 58.0 Å². The third-order valence-corrected chi connectivity index (χ3v) is 5.54. The number of hydrogen-bond acceptors (Lipinski definition) is 6. The molecular formula is C24H31ClN4O2. The lowest BCUT2D eigenvalue weighted by Crippen LogP contribution is -2.40. The molecule has 0 radical (unpaired) electrons. The van der Waals surface area contributed by atoms with E-state index in [1.54, 1.807) is 14.2 Å². The smallest absolute Gasteiger partial charge is 0.162 e. The van der Waals surface area contributed by atoms with Crippen LogP contribution in [0.1, 0.15) is 27.7 Å². The Kier molecular flexibility index (Phi) is 7.57. The third-order valence-electron chi connectivity index (χ3n) is 5.29. The number of fused-ring (bicyclic) bond motifs is 1. The number of hydrogen-bond donors (Lipinski definition) is 1. The van der Waals surface area contributed by atoms with Gasteiger partial charge in [0.15, 0.2) is 17.3 Å². The lowest BCUT2D eigenvalue weighted by molar-refractivity contribution is 0.182. The molecule has 31 heavy (non-hydrogen) atoms. The summed E-state index contributed by atoms with van der Waals surface area (Å²) in [6.07, 6.45) is 0. The Balaban J connectivity index is 2.02. The number of benzene rings is 2. The second kappa shape index (κ2) is 10.2. The van der Waals surface area contributed by atoms with Crippen LogP contribution < -0.4 is 14.8 Å². The van der Waals surface area contributed by atoms with Gasteiger partial charge in [-0.15, -0.1) is 0 Å². The molecule has 0 saturated heterocycles. The highest BCUT2D eigenvalue weighted by Gasteiger charge is 2.16. The second-order valence-electron chi connectivity index (χ2n) is 7.98. The molecule has 1 aromatic heterocycles. The minimum Gasteiger partial charge on any atom is -0.493 e. The molecule has 0 bridgehead atoms. The molecule has 1 heterocycles. The number of ether oxygens (including phenoxy) is 2. The largest absolute Gasteiger partial charge is 0.493 e. The summed E-state index contributed by atoms with van der Waals surface area (Å²) in [4.78, 5) is 12.1. The van der Waals surface area contributed by atoms with Crippen molar-refractivity contribution in [2.24, 2.45) is 0 Å². The first-order valence-corrected chi connectivity index (χ1v) is 10.9. The molecule has 3 aromatic rings. The topological polar surface area (TPSA) is 59.5 Å². The van der Waals surface area contributed by atoms with Gasteiger partial charge in [0.25, 0.3) is 0 Å². The average Bonchev–Trinajstić information content (AvgIpc) is 2.75. The van der Waals surface area contributed by atoms with E-state index in [1.165, 1.54) is 0 Å². The molecule has 0 aliphatic carbocycles. The van der Waals surface area contributed by atoms with Crippen LogP contribution >= 0.6 is 11.6 Å². The van der Waals surface area contributed by atoms with Crippen LogP contribution in [0.4, 0.5) is 5.82 Å². The SMILES string of the molecule is COc1cc2nc(-c3ccc(Cl)cc3)nc(NCCN(C(C)C)C(C)C)c2cc1OC. The van der Waals surface area contributed by atoms with Crippen LogP contribution in [0.5, 0.6) is 11.5 Å². The molecule has 166 valence electrons. The van der Waals surface area contributed by atoms with Crippen molar-refractivity contribution in [2.75, 3.05) is 32.6 Å². The first kappa shape index (κ1) is 23.1. The summed E-state index contributed by atoms with van der Waals surface area (Å²) >= 11 is 6.06. The minimum atomic E-state index is 0.470. The van der Waals surface area contributed by atoms with Crippen LogP contribution in [-0.2, 0) is 0 Å². The van der Waals surface area contributed by atoms with Gasteiger partial charge in [-0.2, -0.15) is 0 Å². The van der Waals surface area contributed by atoms with E-state index in [9.17, 15) is 0 Å². The Morgan fingerprint density at radius 2 is 1.55 bits per heavy atom. The minimum absolute atomic E-state index is 0.470. The molecule has 0 spiro atoms. The second-order valence-corrected chi connectivity index (χ2v) is 8.42. The van der Waals surface area contributed by atoms with Crippen LogP contribution in [0, 0.1) is 0 Å². The number of nitrogens with one attached hydrogen (secondary N) is 1. The number of halogens is 1. The Labute approximate surface area is 189 Å². The van der Waals surface area contributed by atoms with Gasteiger partial charge in [-0.25, -0.2) is 9.97 Å². The summed E-state index contributed by atoms with van der Waals surface area (Å²) in [5.41, 5.74) is 1.68. The summed E-state index contributed by atoms with van der Waals surface area (Å²) in [6.45, 7) is 10.5. The van der Waals surface area contributed by atoms with Gasteiger partial charge in [-0.3, -0.25) is 4.90 Å². The predicted octanol–water partition coefficient (Wildman–Crippen LogP) is 5.50. The zero-order valence-electron chi connectivity index (χ0n) is 19.1. The van der Waals surface area contributed by atoms with Crippen molar-refractivity contribution in [3.05, 3.63) is 41.4 Å². The molecule has 0 atom stereocenters. The van der Waals surface area contributed by atoms with Crippen molar-refractivity contribution in [3.63, 3.8) is 0 Å². The highest BCUT2D eigenvalue weighted by atomic mass is 35.5. The Hall–Kier alpha value is -2.57. The quantitative estimate of drug-likeness (QED) is 0.472. The van der Waals surface area contributed by atoms with Crippen LogP contribution in [-0.4, -0.2) is 54.3 Å². The van der Waals surface area contributed by atoms with Gasteiger partial charge >= 0.3 is 0 Å². The number of nitrogens with zero attached hydrogens (tertiary/aromatic N) is 3. The van der Waals surface area contributed by atoms with Crippen molar-refractivity contribution in [2.45, 2.75) is 39.8 Å². The summed E-state index contributed by atoms with van der Waals surface area (Å²) in [5.74, 6) is 2.67. The molecule has 0 fully saturated rings. The zero-order valence-corrected chi connectivity index (χ0v) is 19.8. The first-order chi connectivity index (χ1) is 14.8. The molecule has 2 aromatic carbocycles. The first-order valence-electron chi connectivity index (χ1n) is 10.5. The predicted molar refractivity (Wildman–Crippen MR) is 129 cm³/mol. The molecular weight excluding hydrogens is 412 g/mol. The summed E-state index contributed by atoms with van der Waals surface area (Å²) in [5, 5.41) is 5.09. The van der Waals surface area contributed by atoms with Gasteiger partial charge in [0.1, 0.15) is 5.82 Å². The van der Waals surface area contributed by atoms with E-state index in [2.05, 4.69) is 37.9 Å². The maximum Gasteiger partial charge on any atom is 0.162 e. The van der Waals surface area contributed by atoms with E-state index in [4.69, 9.17) is 31.0 Å². The van der Waals surface area contributed by atoms with Crippen molar-refractivity contribution < 1.29 is 9.47 Å². The van der Waals surface area contributed by atoms with Crippen LogP contribution in [0.15, 0.2) is 36.4 Å². The van der Waals surface area contributed by atoms with E-state index < -0.39 is 0 Å². The zero-order chi connectivity index (χ0) is 22.5. The highest BCUT2D eigenvalue weighted by Crippen LogP contribution is 2.35. The Morgan fingerprint density at radius 3 is 2.13 bits per heavy atom. The summed E-state index contributed by atoms with van der Waals surface area (Å²) in [7, 11) is 3.25. The van der Waals surface area contributed by atoms with Gasteiger partial charge < -0.3 is 14.8 Å². The van der Waals surface area contributed by atoms with Gasteiger partial charge in [0, 0.05) is 47.2 Å². The number of rotatable bonds is 9. The number of methoxy groups -OCH3 is 2. The normalized spacial score (nSPS) is 11.5. The highest BCUT2D eigenvalue weighted by molar-refractivity contribution is 6.30. The molecule has 0 unspecified atom stereocenters. The van der Waals surface area contributed by atoms with Gasteiger partial charge in [0.2, 0.25) is 0 Å². The molecule has 0 saturated carbocycles. The summed E-state index contributed by atoms with van der Waals surface area (Å²) < 4.78 is 11.0. The van der Waals surface area contributed by atoms with E-state index in [0.717, 1.165) is 35.4 Å². The lowest BCUT2D eigenvalue weighted by Gasteiger charge is -2.30. The maximum absolute atomic E-state index is 6.06. The van der Waals surface area contributed by atoms with Crippen molar-refractivity contribution in [1.82, 2.24) is 14.9 Å². The molecule has 0 aliphatic heterocycles. The fourth-order valence-corrected chi connectivity index (χ4v) is 3.86. The van der Waals surface area contributed by atoms with E-state index in [1.807, 2.05) is 36.4 Å². The lowest BCUT2D eigenvalue weighted by atomic mass is 10.1. The fourth-order valence-electron chi connectivity index (χ4n) is 3.73. The molecule has 1 N–H and O–H groups in total. The molecule has 7 heteroatoms. The molecule has 0 aliphatic rings. The molecule has 6 nitrogen and oxygen atoms in total. The van der Waals surface area contributed by atoms with Crippen molar-refractivity contribution in [1.29, 1.82) is 0 Å². The van der Waals surface area contributed by atoms with Crippen LogP contribution in [0.3, 0.4) is 0 Å². The van der Waals surface area contributed by atoms with Crippen LogP contribution in [0.25, 0.3) is 22.3 Å². The Morgan fingerprint density at radius 1 is 0.935 bits per heavy atom. The maximum atomic E-state index is 6.06. The monoisotopic (exact) mass is 442 g/mol. The average molecular weight is 443 g/mol. The van der Waals surface area contributed by atoms with Crippen molar-refractivity contribution >= 4 is 28.3 Å². The van der Waals surface area contributed by atoms with Crippen LogP contribution in [0.2, 0.25) is 5.02 Å². The standard InChI is InChI=1S/C24H31ClN4O2/c1-15(2)29(16(3)4)12-11-26-24-19-13-21(30-5)22(31-6)14-20(19)27-23(28-24)17-7-9-18(25)10-8-17/h7-10,13-16H,11-12H2,1-6H3,(H,26,27,28). The molecule has 0 amide bonds. The van der Waals surface area contributed by atoms with Gasteiger partial charge in [-0.1, -0.05) is 11.6 Å². The van der Waals surface area contributed by atoms with Gasteiger partial charge in [0.05, 0.1) is 19.7 Å². The number of anilines is 1. The summed E-state index contributed by atoms with van der Waals surface area (Å²) in [6, 6.07) is 12.3.